The Labute approximate surface area is 107 Å². The zero-order valence-corrected chi connectivity index (χ0v) is 11.3. The molecular formula is C12H21NO3S. The Morgan fingerprint density at radius 2 is 2.00 bits per heavy atom. The Kier molecular flexibility index (Phi) is 5.82. The molecule has 0 spiro atoms. The maximum atomic E-state index is 11.9. The Balaban J connectivity index is 2.22. The molecule has 5 heteroatoms. The van der Waals surface area contributed by atoms with E-state index in [0.717, 1.165) is 31.8 Å². The predicted octanol–water partition coefficient (Wildman–Crippen LogP) is 1.84. The summed E-state index contributed by atoms with van der Waals surface area (Å²) in [4.78, 5) is 24.2. The van der Waals surface area contributed by atoms with Gasteiger partial charge in [0, 0.05) is 18.3 Å². The molecule has 17 heavy (non-hydrogen) atoms. The lowest BCUT2D eigenvalue weighted by molar-refractivity contribution is -0.137. The molecule has 1 saturated heterocycles. The van der Waals surface area contributed by atoms with Crippen LogP contribution in [0.2, 0.25) is 0 Å². The van der Waals surface area contributed by atoms with Crippen molar-refractivity contribution in [2.45, 2.75) is 38.4 Å². The minimum Gasteiger partial charge on any atom is -0.481 e. The molecule has 1 atom stereocenters. The lowest BCUT2D eigenvalue weighted by atomic mass is 9.99. The number of carbonyl (C=O) groups is 2. The van der Waals surface area contributed by atoms with Gasteiger partial charge in [-0.1, -0.05) is 13.8 Å². The van der Waals surface area contributed by atoms with E-state index in [1.54, 1.807) is 0 Å². The number of aliphatic carboxylic acids is 1. The van der Waals surface area contributed by atoms with Crippen LogP contribution >= 0.6 is 11.8 Å². The number of carboxylic acid groups (broad SMARTS) is 1. The van der Waals surface area contributed by atoms with Crippen molar-refractivity contribution in [2.24, 2.45) is 5.92 Å². The lowest BCUT2D eigenvalue weighted by Gasteiger charge is -2.30. The quantitative estimate of drug-likeness (QED) is 0.818. The number of amides is 1. The number of carboxylic acids is 1. The molecule has 1 rings (SSSR count). The fourth-order valence-corrected chi connectivity index (χ4v) is 2.74. The Bertz CT molecular complexity index is 275. The van der Waals surface area contributed by atoms with Crippen molar-refractivity contribution in [3.8, 4) is 0 Å². The van der Waals surface area contributed by atoms with Gasteiger partial charge < -0.3 is 10.0 Å². The Morgan fingerprint density at radius 1 is 1.41 bits per heavy atom. The van der Waals surface area contributed by atoms with E-state index in [2.05, 4.69) is 6.92 Å². The largest absolute Gasteiger partial charge is 0.481 e. The number of piperidine rings is 1. The van der Waals surface area contributed by atoms with Gasteiger partial charge in [0.05, 0.1) is 12.2 Å². The highest BCUT2D eigenvalue weighted by molar-refractivity contribution is 8.00. The second kappa shape index (κ2) is 6.89. The number of hydrogen-bond acceptors (Lipinski definition) is 3. The molecule has 1 fully saturated rings. The number of nitrogens with zero attached hydrogens (tertiary/aromatic N) is 1. The van der Waals surface area contributed by atoms with Gasteiger partial charge in [-0.3, -0.25) is 9.59 Å². The third-order valence-electron chi connectivity index (χ3n) is 3.09. The summed E-state index contributed by atoms with van der Waals surface area (Å²) in [6.45, 7) is 5.78. The highest BCUT2D eigenvalue weighted by Crippen LogP contribution is 2.19. The van der Waals surface area contributed by atoms with Crippen LogP contribution in [0.25, 0.3) is 0 Å². The van der Waals surface area contributed by atoms with Crippen molar-refractivity contribution in [1.29, 1.82) is 0 Å². The van der Waals surface area contributed by atoms with E-state index < -0.39 is 5.97 Å². The van der Waals surface area contributed by atoms with Crippen LogP contribution in [-0.2, 0) is 9.59 Å². The maximum absolute atomic E-state index is 11.9. The highest BCUT2D eigenvalue weighted by atomic mass is 32.2. The second-order valence-electron chi connectivity index (χ2n) is 4.78. The van der Waals surface area contributed by atoms with Gasteiger partial charge in [0.15, 0.2) is 0 Å². The van der Waals surface area contributed by atoms with Crippen LogP contribution in [0.3, 0.4) is 0 Å². The fraction of sp³-hybridized carbons (Fsp3) is 0.833. The summed E-state index contributed by atoms with van der Waals surface area (Å²) in [5.41, 5.74) is 0. The third kappa shape index (κ3) is 5.44. The van der Waals surface area contributed by atoms with Crippen molar-refractivity contribution in [3.63, 3.8) is 0 Å². The number of thioether (sulfide) groups is 1. The Hall–Kier alpha value is -0.710. The molecule has 1 aliphatic heterocycles. The lowest BCUT2D eigenvalue weighted by Crippen LogP contribution is -2.39. The van der Waals surface area contributed by atoms with Crippen molar-refractivity contribution in [3.05, 3.63) is 0 Å². The highest BCUT2D eigenvalue weighted by Gasteiger charge is 2.20. The molecule has 98 valence electrons. The van der Waals surface area contributed by atoms with Gasteiger partial charge in [-0.25, -0.2) is 0 Å². The molecule has 4 nitrogen and oxygen atoms in total. The number of likely N-dealkylation sites (tertiary alicyclic amines) is 1. The molecule has 0 aromatic rings. The van der Waals surface area contributed by atoms with Crippen molar-refractivity contribution < 1.29 is 14.7 Å². The molecular weight excluding hydrogens is 238 g/mol. The van der Waals surface area contributed by atoms with Crippen LogP contribution in [0.1, 0.15) is 33.1 Å². The van der Waals surface area contributed by atoms with Crippen molar-refractivity contribution in [2.75, 3.05) is 18.8 Å². The molecule has 0 radical (unpaired) electrons. The van der Waals surface area contributed by atoms with Gasteiger partial charge in [-0.15, -0.1) is 11.8 Å². The zero-order valence-electron chi connectivity index (χ0n) is 10.5. The number of rotatable bonds is 5. The van der Waals surface area contributed by atoms with Gasteiger partial charge in [0.25, 0.3) is 0 Å². The fourth-order valence-electron chi connectivity index (χ4n) is 1.87. The van der Waals surface area contributed by atoms with E-state index in [1.807, 2.05) is 11.8 Å². The molecule has 1 amide bonds. The van der Waals surface area contributed by atoms with Gasteiger partial charge in [-0.2, -0.15) is 0 Å². The van der Waals surface area contributed by atoms with Crippen molar-refractivity contribution in [1.82, 2.24) is 4.90 Å². The molecule has 0 aromatic heterocycles. The SMILES string of the molecule is CC1CCN(C(=O)CSC(C)CC(=O)O)CC1. The monoisotopic (exact) mass is 259 g/mol. The number of carbonyl (C=O) groups excluding carboxylic acids is 1. The molecule has 1 N–H and O–H groups in total. The van der Waals surface area contributed by atoms with Gasteiger partial charge in [0.2, 0.25) is 5.91 Å². The first-order chi connectivity index (χ1) is 7.99. The molecule has 1 heterocycles. The first kappa shape index (κ1) is 14.4. The summed E-state index contributed by atoms with van der Waals surface area (Å²) in [6, 6.07) is 0. The number of hydrogen-bond donors (Lipinski definition) is 1. The van der Waals surface area contributed by atoms with Crippen LogP contribution < -0.4 is 0 Å². The standard InChI is InChI=1S/C12H21NO3S/c1-9-3-5-13(6-4-9)11(14)8-17-10(2)7-12(15)16/h9-10H,3-8H2,1-2H3,(H,15,16). The minimum atomic E-state index is -0.802. The average molecular weight is 259 g/mol. The average Bonchev–Trinajstić information content (AvgIpc) is 2.26. The first-order valence-corrected chi connectivity index (χ1v) is 7.15. The van der Waals surface area contributed by atoms with E-state index in [9.17, 15) is 9.59 Å². The summed E-state index contributed by atoms with van der Waals surface area (Å²) in [5.74, 6) is 0.476. The van der Waals surface area contributed by atoms with E-state index >= 15 is 0 Å². The van der Waals surface area contributed by atoms with Crippen LogP contribution in [0.4, 0.5) is 0 Å². The normalized spacial score (nSPS) is 19.1. The zero-order chi connectivity index (χ0) is 12.8. The van der Waals surface area contributed by atoms with Gasteiger partial charge >= 0.3 is 5.97 Å². The predicted molar refractivity (Wildman–Crippen MR) is 69.2 cm³/mol. The van der Waals surface area contributed by atoms with E-state index in [-0.39, 0.29) is 17.6 Å². The van der Waals surface area contributed by atoms with E-state index in [0.29, 0.717) is 5.75 Å². The smallest absolute Gasteiger partial charge is 0.304 e. The molecule has 0 aliphatic carbocycles. The van der Waals surface area contributed by atoms with E-state index in [1.165, 1.54) is 11.8 Å². The van der Waals surface area contributed by atoms with Crippen LogP contribution in [0.15, 0.2) is 0 Å². The molecule has 1 aliphatic rings. The van der Waals surface area contributed by atoms with Crippen LogP contribution in [0, 0.1) is 5.92 Å². The van der Waals surface area contributed by atoms with Crippen LogP contribution in [0.5, 0.6) is 0 Å². The van der Waals surface area contributed by atoms with Gasteiger partial charge in [-0.05, 0) is 18.8 Å². The first-order valence-electron chi connectivity index (χ1n) is 6.10. The summed E-state index contributed by atoms with van der Waals surface area (Å²) in [5, 5.41) is 8.62. The third-order valence-corrected chi connectivity index (χ3v) is 4.24. The van der Waals surface area contributed by atoms with E-state index in [4.69, 9.17) is 5.11 Å². The summed E-state index contributed by atoms with van der Waals surface area (Å²) in [6.07, 6.45) is 2.29. The summed E-state index contributed by atoms with van der Waals surface area (Å²) in [7, 11) is 0. The van der Waals surface area contributed by atoms with Gasteiger partial charge in [0.1, 0.15) is 0 Å². The maximum Gasteiger partial charge on any atom is 0.304 e. The molecule has 1 unspecified atom stereocenters. The topological polar surface area (TPSA) is 57.6 Å². The molecule has 0 aromatic carbocycles. The molecule has 0 saturated carbocycles. The minimum absolute atomic E-state index is 0.000152. The Morgan fingerprint density at radius 3 is 2.53 bits per heavy atom. The van der Waals surface area contributed by atoms with Crippen molar-refractivity contribution >= 4 is 23.6 Å². The van der Waals surface area contributed by atoms with Crippen LogP contribution in [-0.4, -0.2) is 46.0 Å². The molecule has 0 bridgehead atoms. The summed E-state index contributed by atoms with van der Waals surface area (Å²) >= 11 is 1.44. The second-order valence-corrected chi connectivity index (χ2v) is 6.21. The summed E-state index contributed by atoms with van der Waals surface area (Å²) < 4.78 is 0.